The van der Waals surface area contributed by atoms with Gasteiger partial charge in [-0.15, -0.1) is 11.8 Å². The molecule has 2 heterocycles. The molecule has 1 atom stereocenters. The Morgan fingerprint density at radius 1 is 1.11 bits per heavy atom. The quantitative estimate of drug-likeness (QED) is 0.814. The van der Waals surface area contributed by atoms with E-state index >= 15 is 0 Å². The molecule has 7 nitrogen and oxygen atoms in total. The molecule has 0 bridgehead atoms. The maximum atomic E-state index is 12.8. The van der Waals surface area contributed by atoms with Gasteiger partial charge in [0.05, 0.1) is 16.3 Å². The normalized spacial score (nSPS) is 18.9. The van der Waals surface area contributed by atoms with E-state index < -0.39 is 10.0 Å². The summed E-state index contributed by atoms with van der Waals surface area (Å²) in [7, 11) is -3.82. The molecule has 2 N–H and O–H groups in total. The fourth-order valence-corrected chi connectivity index (χ4v) is 5.05. The molecule has 1 amide bonds. The zero-order chi connectivity index (χ0) is 19.0. The van der Waals surface area contributed by atoms with Crippen molar-refractivity contribution in [1.29, 1.82) is 0 Å². The Hall–Kier alpha value is -2.39. The van der Waals surface area contributed by atoms with Crippen molar-refractivity contribution in [3.8, 4) is 11.5 Å². The number of nitrogens with one attached hydrogen (secondary N) is 2. The summed E-state index contributed by atoms with van der Waals surface area (Å²) in [6.45, 7) is 2.85. The Kier molecular flexibility index (Phi) is 4.65. The molecule has 27 heavy (non-hydrogen) atoms. The van der Waals surface area contributed by atoms with Gasteiger partial charge >= 0.3 is 0 Å². The Morgan fingerprint density at radius 3 is 2.70 bits per heavy atom. The number of carbonyl (C=O) groups is 1. The van der Waals surface area contributed by atoms with Crippen LogP contribution in [0.15, 0.2) is 46.2 Å². The van der Waals surface area contributed by atoms with E-state index in [1.54, 1.807) is 36.0 Å². The highest BCUT2D eigenvalue weighted by Gasteiger charge is 2.23. The van der Waals surface area contributed by atoms with Crippen LogP contribution in [0.4, 0.5) is 11.4 Å². The van der Waals surface area contributed by atoms with Crippen LogP contribution in [0.5, 0.6) is 11.5 Å². The third-order valence-corrected chi connectivity index (χ3v) is 6.69. The van der Waals surface area contributed by atoms with Crippen LogP contribution < -0.4 is 19.5 Å². The van der Waals surface area contributed by atoms with Gasteiger partial charge in [0.2, 0.25) is 5.91 Å². The van der Waals surface area contributed by atoms with E-state index in [4.69, 9.17) is 9.47 Å². The summed E-state index contributed by atoms with van der Waals surface area (Å²) in [4.78, 5) is 12.9. The molecule has 9 heteroatoms. The van der Waals surface area contributed by atoms with E-state index in [-0.39, 0.29) is 16.1 Å². The fraction of sp³-hybridized carbons (Fsp3) is 0.278. The van der Waals surface area contributed by atoms with E-state index in [0.29, 0.717) is 42.5 Å². The molecular weight excluding hydrogens is 388 g/mol. The van der Waals surface area contributed by atoms with Gasteiger partial charge < -0.3 is 14.8 Å². The number of amides is 1. The molecule has 142 valence electrons. The maximum Gasteiger partial charge on any atom is 0.261 e. The number of benzene rings is 2. The van der Waals surface area contributed by atoms with Gasteiger partial charge in [-0.2, -0.15) is 0 Å². The molecule has 4 rings (SSSR count). The lowest BCUT2D eigenvalue weighted by atomic mass is 10.3. The van der Waals surface area contributed by atoms with Crippen molar-refractivity contribution in [3.63, 3.8) is 0 Å². The van der Waals surface area contributed by atoms with Gasteiger partial charge in [0, 0.05) is 22.6 Å². The van der Waals surface area contributed by atoms with E-state index in [0.717, 1.165) is 4.90 Å². The fourth-order valence-electron chi connectivity index (χ4n) is 2.92. The first-order valence-corrected chi connectivity index (χ1v) is 10.8. The van der Waals surface area contributed by atoms with E-state index in [1.165, 1.54) is 12.1 Å². The third kappa shape index (κ3) is 3.84. The Labute approximate surface area is 161 Å². The highest BCUT2D eigenvalue weighted by molar-refractivity contribution is 8.00. The molecule has 0 aliphatic carbocycles. The first kappa shape index (κ1) is 18.0. The number of thioether (sulfide) groups is 1. The lowest BCUT2D eigenvalue weighted by Gasteiger charge is -2.19. The number of sulfonamides is 1. The summed E-state index contributed by atoms with van der Waals surface area (Å²) in [6, 6.07) is 9.62. The van der Waals surface area contributed by atoms with Crippen molar-refractivity contribution in [3.05, 3.63) is 36.4 Å². The summed E-state index contributed by atoms with van der Waals surface area (Å²) >= 11 is 1.55. The van der Waals surface area contributed by atoms with Gasteiger partial charge in [0.1, 0.15) is 13.2 Å². The molecule has 0 aromatic heterocycles. The summed E-state index contributed by atoms with van der Waals surface area (Å²) in [5, 5.41) is 2.91. The second-order valence-electron chi connectivity index (χ2n) is 6.30. The Bertz CT molecular complexity index is 1010. The van der Waals surface area contributed by atoms with Crippen molar-refractivity contribution in [1.82, 2.24) is 0 Å². The number of fused-ring (bicyclic) bond motifs is 2. The van der Waals surface area contributed by atoms with Gasteiger partial charge in [-0.3, -0.25) is 9.52 Å². The minimum Gasteiger partial charge on any atom is -0.486 e. The average molecular weight is 406 g/mol. The van der Waals surface area contributed by atoms with Crippen molar-refractivity contribution in [2.45, 2.75) is 28.4 Å². The summed E-state index contributed by atoms with van der Waals surface area (Å²) < 4.78 is 39.0. The zero-order valence-corrected chi connectivity index (χ0v) is 16.2. The number of anilines is 2. The lowest BCUT2D eigenvalue weighted by Crippen LogP contribution is -2.17. The lowest BCUT2D eigenvalue weighted by molar-refractivity contribution is -0.116. The van der Waals surface area contributed by atoms with Gasteiger partial charge in [-0.25, -0.2) is 8.42 Å². The highest BCUT2D eigenvalue weighted by atomic mass is 32.2. The molecule has 2 aromatic rings. The molecule has 0 saturated carbocycles. The van der Waals surface area contributed by atoms with Crippen molar-refractivity contribution in [2.75, 3.05) is 23.3 Å². The SMILES string of the molecule is C[C@@H]1CC(=O)Nc2cc(S(=O)(=O)Nc3ccc4c(c3)OCCO4)ccc2S1. The minimum absolute atomic E-state index is 0.0755. The van der Waals surface area contributed by atoms with E-state index in [9.17, 15) is 13.2 Å². The molecule has 0 fully saturated rings. The summed E-state index contributed by atoms with van der Waals surface area (Å²) in [5.41, 5.74) is 0.889. The van der Waals surface area contributed by atoms with Crippen molar-refractivity contribution >= 4 is 39.1 Å². The molecule has 2 aliphatic heterocycles. The molecule has 0 saturated heterocycles. The van der Waals surface area contributed by atoms with Gasteiger partial charge in [0.25, 0.3) is 10.0 Å². The third-order valence-electron chi connectivity index (χ3n) is 4.13. The topological polar surface area (TPSA) is 93.7 Å². The standard InChI is InChI=1S/C18H18N2O5S2/c1-11-8-18(21)19-14-10-13(3-5-17(14)26-11)27(22,23)20-12-2-4-15-16(9-12)25-7-6-24-15/h2-5,9-11,20H,6-8H2,1H3,(H,19,21)/t11-/m1/s1. The molecule has 0 unspecified atom stereocenters. The number of rotatable bonds is 3. The second-order valence-corrected chi connectivity index (χ2v) is 9.47. The predicted octanol–water partition coefficient (Wildman–Crippen LogP) is 3.08. The number of hydrogen-bond acceptors (Lipinski definition) is 6. The van der Waals surface area contributed by atoms with Crippen LogP contribution in [-0.2, 0) is 14.8 Å². The Balaban J connectivity index is 1.62. The van der Waals surface area contributed by atoms with Crippen LogP contribution in [-0.4, -0.2) is 32.8 Å². The average Bonchev–Trinajstić information content (AvgIpc) is 2.76. The molecule has 2 aromatic carbocycles. The molecule has 0 radical (unpaired) electrons. The largest absolute Gasteiger partial charge is 0.486 e. The number of hydrogen-bond donors (Lipinski definition) is 2. The predicted molar refractivity (Wildman–Crippen MR) is 103 cm³/mol. The zero-order valence-electron chi connectivity index (χ0n) is 14.5. The molecule has 0 spiro atoms. The van der Waals surface area contributed by atoms with Crippen molar-refractivity contribution in [2.24, 2.45) is 0 Å². The van der Waals surface area contributed by atoms with Crippen molar-refractivity contribution < 1.29 is 22.7 Å². The number of ether oxygens (including phenoxy) is 2. The summed E-state index contributed by atoms with van der Waals surface area (Å²) in [5.74, 6) is 0.965. The van der Waals surface area contributed by atoms with Crippen LogP contribution >= 0.6 is 11.8 Å². The van der Waals surface area contributed by atoms with Crippen LogP contribution in [0, 0.1) is 0 Å². The minimum atomic E-state index is -3.82. The van der Waals surface area contributed by atoms with Gasteiger partial charge in [0.15, 0.2) is 11.5 Å². The molecular formula is C18H18N2O5S2. The first-order valence-electron chi connectivity index (χ1n) is 8.44. The first-order chi connectivity index (χ1) is 12.9. The van der Waals surface area contributed by atoms with E-state index in [2.05, 4.69) is 10.0 Å². The van der Waals surface area contributed by atoms with Gasteiger partial charge in [-0.1, -0.05) is 6.92 Å². The Morgan fingerprint density at radius 2 is 1.89 bits per heavy atom. The maximum absolute atomic E-state index is 12.8. The van der Waals surface area contributed by atoms with E-state index in [1.807, 2.05) is 6.92 Å². The van der Waals surface area contributed by atoms with Crippen LogP contribution in [0.1, 0.15) is 13.3 Å². The highest BCUT2D eigenvalue weighted by Crippen LogP contribution is 2.37. The number of carbonyl (C=O) groups excluding carboxylic acids is 1. The van der Waals surface area contributed by atoms with Crippen LogP contribution in [0.3, 0.4) is 0 Å². The monoisotopic (exact) mass is 406 g/mol. The second kappa shape index (κ2) is 6.97. The molecule has 2 aliphatic rings. The van der Waals surface area contributed by atoms with Crippen LogP contribution in [0.25, 0.3) is 0 Å². The van der Waals surface area contributed by atoms with Crippen LogP contribution in [0.2, 0.25) is 0 Å². The van der Waals surface area contributed by atoms with Gasteiger partial charge in [-0.05, 0) is 30.3 Å². The summed E-state index contributed by atoms with van der Waals surface area (Å²) in [6.07, 6.45) is 0.386. The smallest absolute Gasteiger partial charge is 0.261 e.